The number of allylic oxidation sites excluding steroid dienone is 2. The molecule has 6 rings (SSSR count). The van der Waals surface area contributed by atoms with Crippen LogP contribution in [0.1, 0.15) is 37.2 Å². The molecule has 0 saturated carbocycles. The predicted octanol–water partition coefficient (Wildman–Crippen LogP) is 6.57. The van der Waals surface area contributed by atoms with Gasteiger partial charge < -0.3 is 35.2 Å². The van der Waals surface area contributed by atoms with Gasteiger partial charge >= 0.3 is 12.2 Å². The number of carbonyl (C=O) groups excluding carboxylic acids is 2. The van der Waals surface area contributed by atoms with Gasteiger partial charge in [-0.3, -0.25) is 4.79 Å². The molecular weight excluding hydrogens is 644 g/mol. The monoisotopic (exact) mass is 680 g/mol. The highest BCUT2D eigenvalue weighted by Crippen LogP contribution is 2.38. The second kappa shape index (κ2) is 14.5. The van der Waals surface area contributed by atoms with Crippen LogP contribution in [0, 0.1) is 5.82 Å². The van der Waals surface area contributed by atoms with Gasteiger partial charge in [-0.15, -0.1) is 0 Å². The first kappa shape index (κ1) is 33.6. The van der Waals surface area contributed by atoms with Gasteiger partial charge in [0.2, 0.25) is 5.76 Å². The topological polar surface area (TPSA) is 110 Å². The van der Waals surface area contributed by atoms with E-state index in [9.17, 15) is 32.3 Å². The molecule has 3 aromatic rings. The van der Waals surface area contributed by atoms with Crippen molar-refractivity contribution in [3.63, 3.8) is 0 Å². The first-order valence-corrected chi connectivity index (χ1v) is 16.1. The number of pyridine rings is 1. The van der Waals surface area contributed by atoms with Crippen molar-refractivity contribution in [2.75, 3.05) is 54.8 Å². The molecule has 0 bridgehead atoms. The standard InChI is InChI=1S/C35H36F4N6O4/c36-28-5-1-2-6-29(28)42-34(48)45-20-18-43(19-21-45)30-13-10-25(22-40-30)41-33(47)32-27(35(37,38)39)4-3-7-31(49-32)44-16-14-24(15-17-44)23-8-11-26(46)12-9-23/h1-2,5-13,22,24,46H,3-4,14-21H2,(H,41,47)(H,42,48). The first-order valence-electron chi connectivity index (χ1n) is 16.1. The number of urea groups is 1. The largest absolute Gasteiger partial charge is 0.508 e. The second-order valence-electron chi connectivity index (χ2n) is 12.1. The summed E-state index contributed by atoms with van der Waals surface area (Å²) in [7, 11) is 0. The molecule has 49 heavy (non-hydrogen) atoms. The molecule has 10 nitrogen and oxygen atoms in total. The van der Waals surface area contributed by atoms with E-state index < -0.39 is 41.7 Å². The lowest BCUT2D eigenvalue weighted by molar-refractivity contribution is -0.119. The molecule has 0 atom stereocenters. The van der Waals surface area contributed by atoms with E-state index in [1.54, 1.807) is 41.3 Å². The average Bonchev–Trinajstić information content (AvgIpc) is 3.34. The highest BCUT2D eigenvalue weighted by molar-refractivity contribution is 6.03. The number of likely N-dealkylation sites (tertiary alicyclic amines) is 1. The summed E-state index contributed by atoms with van der Waals surface area (Å²) in [6, 6.07) is 15.7. The highest BCUT2D eigenvalue weighted by Gasteiger charge is 2.41. The number of phenols is 1. The number of halogens is 4. The molecule has 3 aliphatic rings. The lowest BCUT2D eigenvalue weighted by Crippen LogP contribution is -2.50. The number of benzene rings is 2. The number of para-hydroxylation sites is 1. The Bertz CT molecular complexity index is 1710. The van der Waals surface area contributed by atoms with Crippen molar-refractivity contribution in [3.8, 4) is 5.75 Å². The van der Waals surface area contributed by atoms with Gasteiger partial charge in [-0.25, -0.2) is 14.2 Å². The van der Waals surface area contributed by atoms with Crippen LogP contribution in [0.3, 0.4) is 0 Å². The van der Waals surface area contributed by atoms with Crippen molar-refractivity contribution in [2.24, 2.45) is 0 Å². The maximum atomic E-state index is 14.1. The molecule has 2 aromatic carbocycles. The number of aromatic hydroxyl groups is 1. The fourth-order valence-corrected chi connectivity index (χ4v) is 6.22. The maximum absolute atomic E-state index is 14.1. The number of piperazine rings is 1. The summed E-state index contributed by atoms with van der Waals surface area (Å²) in [5.74, 6) is -1.13. The maximum Gasteiger partial charge on any atom is 0.416 e. The van der Waals surface area contributed by atoms with E-state index in [2.05, 4.69) is 15.6 Å². The van der Waals surface area contributed by atoms with Crippen molar-refractivity contribution >= 4 is 29.1 Å². The Morgan fingerprint density at radius 1 is 0.878 bits per heavy atom. The van der Waals surface area contributed by atoms with Crippen LogP contribution in [0.4, 0.5) is 39.5 Å². The highest BCUT2D eigenvalue weighted by atomic mass is 19.4. The lowest BCUT2D eigenvalue weighted by atomic mass is 9.89. The number of aromatic nitrogens is 1. The van der Waals surface area contributed by atoms with Gasteiger partial charge in [0, 0.05) is 39.3 Å². The number of hydrogen-bond acceptors (Lipinski definition) is 7. The van der Waals surface area contributed by atoms with E-state index in [4.69, 9.17) is 4.74 Å². The number of carbonyl (C=O) groups is 2. The van der Waals surface area contributed by atoms with E-state index in [1.807, 2.05) is 21.9 Å². The minimum atomic E-state index is -4.77. The molecule has 0 aliphatic carbocycles. The molecule has 0 spiro atoms. The molecule has 14 heteroatoms. The number of nitrogens with zero attached hydrogens (tertiary/aromatic N) is 4. The SMILES string of the molecule is O=C(Nc1ccc(N2CCN(C(=O)Nc3ccccc3F)CC2)nc1)C1=C(C(F)(F)F)CCC=C(N2CCC(c3ccc(O)cc3)CC2)O1. The van der Waals surface area contributed by atoms with Crippen LogP contribution in [-0.2, 0) is 9.53 Å². The van der Waals surface area contributed by atoms with Crippen LogP contribution >= 0.6 is 0 Å². The number of alkyl halides is 3. The predicted molar refractivity (Wildman–Crippen MR) is 175 cm³/mol. The summed E-state index contributed by atoms with van der Waals surface area (Å²) in [5, 5.41) is 14.7. The molecular formula is C35H36F4N6O4. The Hall–Kier alpha value is -5.27. The fourth-order valence-electron chi connectivity index (χ4n) is 6.22. The van der Waals surface area contributed by atoms with Crippen LogP contribution in [-0.4, -0.2) is 77.3 Å². The number of phenolic OH excluding ortho intramolecular Hbond substituents is 1. The molecule has 2 saturated heterocycles. The summed E-state index contributed by atoms with van der Waals surface area (Å²) in [6.07, 6.45) is -0.674. The summed E-state index contributed by atoms with van der Waals surface area (Å²) in [6.45, 7) is 2.67. The van der Waals surface area contributed by atoms with E-state index >= 15 is 0 Å². The van der Waals surface area contributed by atoms with Crippen LogP contribution < -0.4 is 15.5 Å². The molecule has 3 amide bonds. The van der Waals surface area contributed by atoms with Gasteiger partial charge in [-0.05, 0) is 79.6 Å². The minimum Gasteiger partial charge on any atom is -0.508 e. The van der Waals surface area contributed by atoms with Gasteiger partial charge in [0.15, 0.2) is 5.88 Å². The van der Waals surface area contributed by atoms with Crippen LogP contribution in [0.15, 0.2) is 90.2 Å². The zero-order valence-electron chi connectivity index (χ0n) is 26.5. The first-order chi connectivity index (χ1) is 23.5. The van der Waals surface area contributed by atoms with Crippen molar-refractivity contribution in [3.05, 3.63) is 102 Å². The van der Waals surface area contributed by atoms with E-state index in [0.717, 1.165) is 18.4 Å². The third-order valence-electron chi connectivity index (χ3n) is 8.93. The Morgan fingerprint density at radius 3 is 2.24 bits per heavy atom. The third kappa shape index (κ3) is 8.07. The Balaban J connectivity index is 1.06. The summed E-state index contributed by atoms with van der Waals surface area (Å²) in [4.78, 5) is 35.7. The van der Waals surface area contributed by atoms with Crippen LogP contribution in [0.25, 0.3) is 0 Å². The van der Waals surface area contributed by atoms with Crippen molar-refractivity contribution in [1.29, 1.82) is 0 Å². The Kier molecular flexibility index (Phi) is 9.92. The van der Waals surface area contributed by atoms with Gasteiger partial charge in [-0.1, -0.05) is 24.3 Å². The summed E-state index contributed by atoms with van der Waals surface area (Å²) in [5.41, 5.74) is 0.342. The quantitative estimate of drug-likeness (QED) is 0.253. The number of rotatable bonds is 6. The zero-order valence-corrected chi connectivity index (χ0v) is 26.5. The van der Waals surface area contributed by atoms with E-state index in [-0.39, 0.29) is 35.3 Å². The molecule has 258 valence electrons. The minimum absolute atomic E-state index is 0.0627. The molecule has 2 fully saturated rings. The van der Waals surface area contributed by atoms with E-state index in [1.165, 1.54) is 24.4 Å². The number of piperidine rings is 1. The number of nitrogens with one attached hydrogen (secondary N) is 2. The second-order valence-corrected chi connectivity index (χ2v) is 12.1. The summed E-state index contributed by atoms with van der Waals surface area (Å²) >= 11 is 0. The summed E-state index contributed by atoms with van der Waals surface area (Å²) < 4.78 is 62.1. The molecule has 0 unspecified atom stereocenters. The normalized spacial score (nSPS) is 17.6. The van der Waals surface area contributed by atoms with Crippen LogP contribution in [0.5, 0.6) is 5.75 Å². The van der Waals surface area contributed by atoms with Crippen LogP contribution in [0.2, 0.25) is 0 Å². The molecule has 3 aliphatic heterocycles. The lowest BCUT2D eigenvalue weighted by Gasteiger charge is -2.35. The zero-order chi connectivity index (χ0) is 34.5. The van der Waals surface area contributed by atoms with Gasteiger partial charge in [-0.2, -0.15) is 13.2 Å². The van der Waals surface area contributed by atoms with Gasteiger partial charge in [0.1, 0.15) is 17.4 Å². The number of amides is 3. The van der Waals surface area contributed by atoms with E-state index in [0.29, 0.717) is 45.1 Å². The number of anilines is 3. The molecule has 1 aromatic heterocycles. The van der Waals surface area contributed by atoms with Crippen molar-refractivity contribution in [1.82, 2.24) is 14.8 Å². The smallest absolute Gasteiger partial charge is 0.416 e. The van der Waals surface area contributed by atoms with Crippen molar-refractivity contribution < 1.29 is 37.0 Å². The Labute approximate surface area is 280 Å². The number of ether oxygens (including phenoxy) is 1. The van der Waals surface area contributed by atoms with Crippen molar-refractivity contribution in [2.45, 2.75) is 37.8 Å². The van der Waals surface area contributed by atoms with Gasteiger partial charge in [0.25, 0.3) is 5.91 Å². The Morgan fingerprint density at radius 2 is 1.59 bits per heavy atom. The van der Waals surface area contributed by atoms with Gasteiger partial charge in [0.05, 0.1) is 23.1 Å². The molecule has 3 N–H and O–H groups in total. The molecule has 0 radical (unpaired) electrons. The fraction of sp³-hybridized carbons (Fsp3) is 0.343. The average molecular weight is 681 g/mol. The third-order valence-corrected chi connectivity index (χ3v) is 8.93. The molecule has 4 heterocycles. The number of hydrogen-bond donors (Lipinski definition) is 3.